The summed E-state index contributed by atoms with van der Waals surface area (Å²) >= 11 is 0. The molecule has 0 atom stereocenters. The molecule has 1 amide bonds. The summed E-state index contributed by atoms with van der Waals surface area (Å²) in [6.45, 7) is 0. The summed E-state index contributed by atoms with van der Waals surface area (Å²) in [6, 6.07) is 12.8. The number of fused-ring (bicyclic) bond motifs is 1. The zero-order valence-corrected chi connectivity index (χ0v) is 14.6. The lowest BCUT2D eigenvalue weighted by Crippen LogP contribution is -2.23. The van der Waals surface area contributed by atoms with E-state index in [1.165, 1.54) is 18.2 Å². The van der Waals surface area contributed by atoms with Crippen LogP contribution in [0.25, 0.3) is 11.0 Å². The predicted octanol–water partition coefficient (Wildman–Crippen LogP) is 4.54. The van der Waals surface area contributed by atoms with Crippen LogP contribution in [-0.4, -0.2) is 11.9 Å². The van der Waals surface area contributed by atoms with Crippen molar-refractivity contribution in [2.45, 2.75) is 31.7 Å². The van der Waals surface area contributed by atoms with Crippen LogP contribution in [0.2, 0.25) is 0 Å². The van der Waals surface area contributed by atoms with Crippen LogP contribution in [0.15, 0.2) is 57.7 Å². The molecule has 6 heteroatoms. The van der Waals surface area contributed by atoms with Crippen molar-refractivity contribution < 1.29 is 13.6 Å². The third-order valence-corrected chi connectivity index (χ3v) is 4.84. The maximum Gasteiger partial charge on any atom is 0.362 e. The Morgan fingerprint density at radius 3 is 2.59 bits per heavy atom. The maximum atomic E-state index is 13.4. The quantitative estimate of drug-likeness (QED) is 0.665. The van der Waals surface area contributed by atoms with Crippen molar-refractivity contribution in [1.29, 1.82) is 0 Å². The van der Waals surface area contributed by atoms with Crippen LogP contribution in [0.4, 0.5) is 15.8 Å². The molecule has 2 aromatic carbocycles. The molecule has 27 heavy (non-hydrogen) atoms. The second kappa shape index (κ2) is 7.23. The molecule has 0 radical (unpaired) electrons. The van der Waals surface area contributed by atoms with Gasteiger partial charge >= 0.3 is 5.63 Å². The highest BCUT2D eigenvalue weighted by atomic mass is 19.1. The van der Waals surface area contributed by atoms with Gasteiger partial charge in [-0.1, -0.05) is 31.0 Å². The molecule has 2 N–H and O–H groups in total. The van der Waals surface area contributed by atoms with Crippen molar-refractivity contribution in [3.05, 3.63) is 70.3 Å². The van der Waals surface area contributed by atoms with Crippen LogP contribution >= 0.6 is 0 Å². The van der Waals surface area contributed by atoms with Gasteiger partial charge in [-0.15, -0.1) is 0 Å². The van der Waals surface area contributed by atoms with Crippen molar-refractivity contribution in [3.8, 4) is 0 Å². The van der Waals surface area contributed by atoms with Gasteiger partial charge in [0, 0.05) is 17.0 Å². The number of para-hydroxylation sites is 1. The number of halogens is 1. The van der Waals surface area contributed by atoms with Gasteiger partial charge in [-0.3, -0.25) is 4.79 Å². The number of carbonyl (C=O) groups is 1. The molecule has 0 bridgehead atoms. The molecule has 0 unspecified atom stereocenters. The first-order chi connectivity index (χ1) is 13.1. The van der Waals surface area contributed by atoms with E-state index in [9.17, 15) is 14.0 Å². The molecule has 3 aromatic rings. The molecule has 4 rings (SSSR count). The second-order valence-electron chi connectivity index (χ2n) is 6.73. The van der Waals surface area contributed by atoms with Crippen LogP contribution in [-0.2, 0) is 0 Å². The molecular weight excluding hydrogens is 347 g/mol. The molecule has 1 aliphatic carbocycles. The van der Waals surface area contributed by atoms with Crippen LogP contribution in [0.1, 0.15) is 36.0 Å². The first-order valence-electron chi connectivity index (χ1n) is 9.01. The summed E-state index contributed by atoms with van der Waals surface area (Å²) in [5.74, 6) is -1.08. The van der Waals surface area contributed by atoms with E-state index in [1.54, 1.807) is 12.1 Å². The van der Waals surface area contributed by atoms with Gasteiger partial charge in [-0.05, 0) is 43.2 Å². The van der Waals surface area contributed by atoms with Gasteiger partial charge in [-0.2, -0.15) is 0 Å². The van der Waals surface area contributed by atoms with Gasteiger partial charge in [0.15, 0.2) is 5.69 Å². The Bertz CT molecular complexity index is 1050. The highest BCUT2D eigenvalue weighted by molar-refractivity contribution is 6.08. The number of benzene rings is 2. The highest BCUT2D eigenvalue weighted by Gasteiger charge is 2.22. The fourth-order valence-corrected chi connectivity index (χ4v) is 3.50. The summed E-state index contributed by atoms with van der Waals surface area (Å²) in [6.07, 6.45) is 4.27. The fourth-order valence-electron chi connectivity index (χ4n) is 3.50. The molecule has 0 spiro atoms. The lowest BCUT2D eigenvalue weighted by Gasteiger charge is -2.18. The largest absolute Gasteiger partial charge is 0.421 e. The molecule has 1 fully saturated rings. The smallest absolute Gasteiger partial charge is 0.362 e. The topological polar surface area (TPSA) is 71.3 Å². The van der Waals surface area contributed by atoms with Gasteiger partial charge in [0.2, 0.25) is 0 Å². The number of amides is 1. The molecule has 0 saturated heterocycles. The summed E-state index contributed by atoms with van der Waals surface area (Å²) < 4.78 is 18.8. The Balaban J connectivity index is 1.77. The average molecular weight is 366 g/mol. The molecule has 1 aromatic heterocycles. The Hall–Kier alpha value is -3.15. The van der Waals surface area contributed by atoms with E-state index in [1.807, 2.05) is 12.1 Å². The highest BCUT2D eigenvalue weighted by Crippen LogP contribution is 2.32. The normalized spacial score (nSPS) is 14.4. The Morgan fingerprint density at radius 1 is 1.04 bits per heavy atom. The molecule has 1 heterocycles. The minimum atomic E-state index is -0.640. The summed E-state index contributed by atoms with van der Waals surface area (Å²) in [5, 5.41) is 6.75. The average Bonchev–Trinajstić information content (AvgIpc) is 3.17. The van der Waals surface area contributed by atoms with Gasteiger partial charge in [0.25, 0.3) is 5.91 Å². The van der Waals surface area contributed by atoms with Gasteiger partial charge in [0.05, 0.1) is 5.69 Å². The number of anilines is 2. The Morgan fingerprint density at radius 2 is 1.81 bits per heavy atom. The van der Waals surface area contributed by atoms with E-state index in [0.717, 1.165) is 37.1 Å². The number of hydrogen-bond acceptors (Lipinski definition) is 4. The second-order valence-corrected chi connectivity index (χ2v) is 6.73. The zero-order chi connectivity index (χ0) is 18.8. The fraction of sp³-hybridized carbons (Fsp3) is 0.238. The van der Waals surface area contributed by atoms with Crippen molar-refractivity contribution in [2.24, 2.45) is 0 Å². The SMILES string of the molecule is O=C(Nc1c(NC2CCCC2)c2ccccc2oc1=O)c1cccc(F)c1. The zero-order valence-electron chi connectivity index (χ0n) is 14.6. The Labute approximate surface area is 155 Å². The van der Waals surface area contributed by atoms with E-state index in [2.05, 4.69) is 10.6 Å². The summed E-state index contributed by atoms with van der Waals surface area (Å²) in [5.41, 5.74) is 0.549. The first kappa shape index (κ1) is 17.3. The number of carbonyl (C=O) groups excluding carboxylic acids is 1. The minimum absolute atomic E-state index is 0.0508. The van der Waals surface area contributed by atoms with Crippen LogP contribution in [0, 0.1) is 5.82 Å². The number of nitrogens with one attached hydrogen (secondary N) is 2. The van der Waals surface area contributed by atoms with E-state index in [0.29, 0.717) is 11.3 Å². The van der Waals surface area contributed by atoms with Crippen LogP contribution in [0.3, 0.4) is 0 Å². The monoisotopic (exact) mass is 366 g/mol. The van der Waals surface area contributed by atoms with Crippen molar-refractivity contribution in [3.63, 3.8) is 0 Å². The predicted molar refractivity (Wildman–Crippen MR) is 103 cm³/mol. The van der Waals surface area contributed by atoms with Crippen LogP contribution < -0.4 is 16.3 Å². The number of hydrogen-bond donors (Lipinski definition) is 2. The van der Waals surface area contributed by atoms with Crippen molar-refractivity contribution >= 4 is 28.3 Å². The molecule has 1 aliphatic rings. The van der Waals surface area contributed by atoms with Crippen LogP contribution in [0.5, 0.6) is 0 Å². The molecule has 0 aliphatic heterocycles. The van der Waals surface area contributed by atoms with E-state index in [-0.39, 0.29) is 17.3 Å². The number of rotatable bonds is 4. The molecule has 1 saturated carbocycles. The van der Waals surface area contributed by atoms with Gasteiger partial charge in [0.1, 0.15) is 11.4 Å². The minimum Gasteiger partial charge on any atom is -0.421 e. The van der Waals surface area contributed by atoms with Crippen molar-refractivity contribution in [1.82, 2.24) is 0 Å². The molecule has 5 nitrogen and oxygen atoms in total. The third kappa shape index (κ3) is 3.56. The van der Waals surface area contributed by atoms with Gasteiger partial charge in [-0.25, -0.2) is 9.18 Å². The van der Waals surface area contributed by atoms with E-state index in [4.69, 9.17) is 4.42 Å². The van der Waals surface area contributed by atoms with Crippen molar-refractivity contribution in [2.75, 3.05) is 10.6 Å². The van der Waals surface area contributed by atoms with E-state index < -0.39 is 17.3 Å². The standard InChI is InChI=1S/C21H19FN2O3/c22-14-7-5-6-13(12-14)20(25)24-19-18(23-15-8-1-2-9-15)16-10-3-4-11-17(16)27-21(19)26/h3-7,10-12,15,23H,1-2,8-9H2,(H,24,25). The van der Waals surface area contributed by atoms with Gasteiger partial charge < -0.3 is 15.1 Å². The molecular formula is C21H19FN2O3. The Kier molecular flexibility index (Phi) is 4.62. The summed E-state index contributed by atoms with van der Waals surface area (Å²) in [4.78, 5) is 25.1. The maximum absolute atomic E-state index is 13.4. The lowest BCUT2D eigenvalue weighted by molar-refractivity contribution is 0.102. The lowest BCUT2D eigenvalue weighted by atomic mass is 10.1. The van der Waals surface area contributed by atoms with E-state index >= 15 is 0 Å². The third-order valence-electron chi connectivity index (χ3n) is 4.84. The molecule has 138 valence electrons. The summed E-state index contributed by atoms with van der Waals surface area (Å²) in [7, 11) is 0. The first-order valence-corrected chi connectivity index (χ1v) is 9.01.